The molecule has 0 unspecified atom stereocenters. The molecule has 6 heteroatoms. The Morgan fingerprint density at radius 3 is 2.46 bits per heavy atom. The van der Waals surface area contributed by atoms with Gasteiger partial charge in [-0.25, -0.2) is 4.98 Å². The van der Waals surface area contributed by atoms with E-state index in [1.807, 2.05) is 29.4 Å². The maximum Gasteiger partial charge on any atom is 0.260 e. The predicted molar refractivity (Wildman–Crippen MR) is 111 cm³/mol. The highest BCUT2D eigenvalue weighted by atomic mass is 16.5. The van der Waals surface area contributed by atoms with Gasteiger partial charge in [0.15, 0.2) is 6.61 Å². The van der Waals surface area contributed by atoms with Crippen molar-refractivity contribution < 1.29 is 9.53 Å². The van der Waals surface area contributed by atoms with Gasteiger partial charge in [-0.1, -0.05) is 32.9 Å². The molecular weight excluding hydrogens is 352 g/mol. The van der Waals surface area contributed by atoms with Crippen molar-refractivity contribution in [2.24, 2.45) is 0 Å². The molecule has 1 saturated heterocycles. The lowest BCUT2D eigenvalue weighted by atomic mass is 10.0. The van der Waals surface area contributed by atoms with Crippen LogP contribution in [0.3, 0.4) is 0 Å². The van der Waals surface area contributed by atoms with E-state index in [2.05, 4.69) is 47.4 Å². The standard InChI is InChI=1S/C22H32N4O2/c1-4-21-23-9-10-25(21)14-11-24-12-15-26(16-13-24)22(27)17-28-20-7-5-19(6-8-20)18(2)3/h5-10,18H,4,11-17H2,1-3H3. The van der Waals surface area contributed by atoms with Gasteiger partial charge in [-0.3, -0.25) is 9.69 Å². The fourth-order valence-electron chi connectivity index (χ4n) is 3.51. The van der Waals surface area contributed by atoms with Crippen molar-refractivity contribution in [3.8, 4) is 5.75 Å². The zero-order chi connectivity index (χ0) is 19.9. The number of nitrogens with zero attached hydrogens (tertiary/aromatic N) is 4. The average Bonchev–Trinajstić information content (AvgIpc) is 3.18. The summed E-state index contributed by atoms with van der Waals surface area (Å²) in [5.74, 6) is 2.45. The summed E-state index contributed by atoms with van der Waals surface area (Å²) in [7, 11) is 0. The number of amides is 1. The van der Waals surface area contributed by atoms with E-state index in [-0.39, 0.29) is 12.5 Å². The molecule has 0 bridgehead atoms. The molecular formula is C22H32N4O2. The molecule has 28 heavy (non-hydrogen) atoms. The molecule has 0 atom stereocenters. The van der Waals surface area contributed by atoms with Crippen LogP contribution in [0.15, 0.2) is 36.7 Å². The normalized spacial score (nSPS) is 15.2. The quantitative estimate of drug-likeness (QED) is 0.702. The van der Waals surface area contributed by atoms with E-state index in [9.17, 15) is 4.79 Å². The Labute approximate surface area is 168 Å². The predicted octanol–water partition coefficient (Wildman–Crippen LogP) is 2.79. The van der Waals surface area contributed by atoms with Gasteiger partial charge in [0, 0.05) is 58.1 Å². The van der Waals surface area contributed by atoms with Gasteiger partial charge >= 0.3 is 0 Å². The number of piperazine rings is 1. The number of carbonyl (C=O) groups excluding carboxylic acids is 1. The Morgan fingerprint density at radius 1 is 1.11 bits per heavy atom. The van der Waals surface area contributed by atoms with Crippen LogP contribution in [-0.4, -0.2) is 64.6 Å². The van der Waals surface area contributed by atoms with Gasteiger partial charge in [-0.2, -0.15) is 0 Å². The van der Waals surface area contributed by atoms with Crippen LogP contribution in [0.25, 0.3) is 0 Å². The highest BCUT2D eigenvalue weighted by molar-refractivity contribution is 5.77. The van der Waals surface area contributed by atoms with Crippen LogP contribution >= 0.6 is 0 Å². The van der Waals surface area contributed by atoms with Gasteiger partial charge in [0.1, 0.15) is 11.6 Å². The third kappa shape index (κ3) is 5.35. The summed E-state index contributed by atoms with van der Waals surface area (Å²) in [6, 6.07) is 8.02. The van der Waals surface area contributed by atoms with Crippen LogP contribution in [0.1, 0.15) is 38.1 Å². The zero-order valence-electron chi connectivity index (χ0n) is 17.3. The van der Waals surface area contributed by atoms with Gasteiger partial charge in [-0.05, 0) is 23.6 Å². The van der Waals surface area contributed by atoms with Crippen LogP contribution in [-0.2, 0) is 17.8 Å². The Balaban J connectivity index is 1.38. The number of benzene rings is 1. The average molecular weight is 385 g/mol. The lowest BCUT2D eigenvalue weighted by molar-refractivity contribution is -0.135. The minimum Gasteiger partial charge on any atom is -0.484 e. The monoisotopic (exact) mass is 384 g/mol. The summed E-state index contributed by atoms with van der Waals surface area (Å²) in [4.78, 5) is 21.1. The molecule has 1 fully saturated rings. The molecule has 3 rings (SSSR count). The second-order valence-electron chi connectivity index (χ2n) is 7.63. The number of imidazole rings is 1. The fraction of sp³-hybridized carbons (Fsp3) is 0.545. The van der Waals surface area contributed by atoms with Crippen molar-refractivity contribution >= 4 is 5.91 Å². The first kappa shape index (κ1) is 20.4. The van der Waals surface area contributed by atoms with E-state index in [1.54, 1.807) is 0 Å². The molecule has 6 nitrogen and oxygen atoms in total. The Morgan fingerprint density at radius 2 is 1.82 bits per heavy atom. The molecule has 2 heterocycles. The number of hydrogen-bond acceptors (Lipinski definition) is 4. The van der Waals surface area contributed by atoms with E-state index in [1.165, 1.54) is 5.56 Å². The molecule has 0 aliphatic carbocycles. The van der Waals surface area contributed by atoms with Crippen LogP contribution in [0, 0.1) is 0 Å². The summed E-state index contributed by atoms with van der Waals surface area (Å²) in [6.07, 6.45) is 4.87. The minimum atomic E-state index is 0.0652. The van der Waals surface area contributed by atoms with Crippen molar-refractivity contribution in [1.82, 2.24) is 19.4 Å². The van der Waals surface area contributed by atoms with Crippen LogP contribution in [0.5, 0.6) is 5.75 Å². The van der Waals surface area contributed by atoms with Crippen molar-refractivity contribution in [1.29, 1.82) is 0 Å². The summed E-state index contributed by atoms with van der Waals surface area (Å²) >= 11 is 0. The number of carbonyl (C=O) groups is 1. The number of aromatic nitrogens is 2. The number of rotatable bonds is 8. The molecule has 1 aliphatic heterocycles. The van der Waals surface area contributed by atoms with Crippen molar-refractivity contribution in [3.05, 3.63) is 48.0 Å². The molecule has 1 aromatic carbocycles. The summed E-state index contributed by atoms with van der Waals surface area (Å²) in [5, 5.41) is 0. The first-order valence-electron chi connectivity index (χ1n) is 10.3. The molecule has 0 radical (unpaired) electrons. The third-order valence-electron chi connectivity index (χ3n) is 5.41. The molecule has 0 spiro atoms. The lowest BCUT2D eigenvalue weighted by Crippen LogP contribution is -2.50. The minimum absolute atomic E-state index is 0.0652. The van der Waals surface area contributed by atoms with Crippen LogP contribution < -0.4 is 4.74 Å². The van der Waals surface area contributed by atoms with Crippen LogP contribution in [0.2, 0.25) is 0 Å². The van der Waals surface area contributed by atoms with E-state index in [4.69, 9.17) is 4.74 Å². The molecule has 152 valence electrons. The van der Waals surface area contributed by atoms with Crippen molar-refractivity contribution in [2.45, 2.75) is 39.7 Å². The summed E-state index contributed by atoms with van der Waals surface area (Å²) in [5.41, 5.74) is 1.27. The topological polar surface area (TPSA) is 50.6 Å². The number of aryl methyl sites for hydroxylation is 1. The largest absolute Gasteiger partial charge is 0.484 e. The van der Waals surface area contributed by atoms with Gasteiger partial charge in [0.2, 0.25) is 0 Å². The second-order valence-corrected chi connectivity index (χ2v) is 7.63. The van der Waals surface area contributed by atoms with E-state index < -0.39 is 0 Å². The van der Waals surface area contributed by atoms with E-state index in [0.717, 1.165) is 57.3 Å². The van der Waals surface area contributed by atoms with E-state index in [0.29, 0.717) is 5.92 Å². The van der Waals surface area contributed by atoms with Gasteiger partial charge in [-0.15, -0.1) is 0 Å². The van der Waals surface area contributed by atoms with Gasteiger partial charge in [0.05, 0.1) is 0 Å². The highest BCUT2D eigenvalue weighted by Crippen LogP contribution is 2.18. The maximum atomic E-state index is 12.5. The summed E-state index contributed by atoms with van der Waals surface area (Å²) in [6.45, 7) is 11.8. The lowest BCUT2D eigenvalue weighted by Gasteiger charge is -2.34. The third-order valence-corrected chi connectivity index (χ3v) is 5.41. The number of ether oxygens (including phenoxy) is 1. The molecule has 1 aliphatic rings. The molecule has 2 aromatic rings. The van der Waals surface area contributed by atoms with E-state index >= 15 is 0 Å². The summed E-state index contributed by atoms with van der Waals surface area (Å²) < 4.78 is 7.91. The van der Waals surface area contributed by atoms with Crippen molar-refractivity contribution in [2.75, 3.05) is 39.3 Å². The zero-order valence-corrected chi connectivity index (χ0v) is 17.3. The first-order chi connectivity index (χ1) is 13.6. The first-order valence-corrected chi connectivity index (χ1v) is 10.3. The molecule has 0 N–H and O–H groups in total. The smallest absolute Gasteiger partial charge is 0.260 e. The Hall–Kier alpha value is -2.34. The Kier molecular flexibility index (Phi) is 7.09. The highest BCUT2D eigenvalue weighted by Gasteiger charge is 2.21. The Bertz CT molecular complexity index is 746. The van der Waals surface area contributed by atoms with Gasteiger partial charge in [0.25, 0.3) is 5.91 Å². The molecule has 1 aromatic heterocycles. The molecule has 1 amide bonds. The van der Waals surface area contributed by atoms with Crippen LogP contribution in [0.4, 0.5) is 0 Å². The van der Waals surface area contributed by atoms with Gasteiger partial charge < -0.3 is 14.2 Å². The second kappa shape index (κ2) is 9.73. The number of hydrogen-bond donors (Lipinski definition) is 0. The fourth-order valence-corrected chi connectivity index (χ4v) is 3.51. The SMILES string of the molecule is CCc1nccn1CCN1CCN(C(=O)COc2ccc(C(C)C)cc2)CC1. The van der Waals surface area contributed by atoms with Crippen molar-refractivity contribution in [3.63, 3.8) is 0 Å². The molecule has 0 saturated carbocycles. The maximum absolute atomic E-state index is 12.5.